The predicted octanol–water partition coefficient (Wildman–Crippen LogP) is 3.56. The van der Waals surface area contributed by atoms with Gasteiger partial charge in [0.15, 0.2) is 0 Å². The van der Waals surface area contributed by atoms with Gasteiger partial charge in [-0.25, -0.2) is 13.6 Å². The van der Waals surface area contributed by atoms with Crippen LogP contribution < -0.4 is 10.5 Å². The molecular formula is C14H14Cl2N2O2S. The highest BCUT2D eigenvalue weighted by molar-refractivity contribution is 7.89. The van der Waals surface area contributed by atoms with Crippen molar-refractivity contribution < 1.29 is 8.42 Å². The lowest BCUT2D eigenvalue weighted by molar-refractivity contribution is 0.598. The van der Waals surface area contributed by atoms with Crippen LogP contribution in [0.3, 0.4) is 0 Å². The molecule has 0 aliphatic carbocycles. The highest BCUT2D eigenvalue weighted by Gasteiger charge is 2.10. The van der Waals surface area contributed by atoms with E-state index in [9.17, 15) is 8.42 Å². The summed E-state index contributed by atoms with van der Waals surface area (Å²) in [4.78, 5) is 0.0738. The highest BCUT2D eigenvalue weighted by Crippen LogP contribution is 2.24. The minimum Gasteiger partial charge on any atom is -0.381 e. The second-order valence-electron chi connectivity index (χ2n) is 4.62. The van der Waals surface area contributed by atoms with E-state index in [0.717, 1.165) is 11.1 Å². The molecular weight excluding hydrogens is 331 g/mol. The first-order valence-corrected chi connectivity index (χ1v) is 8.39. The first-order chi connectivity index (χ1) is 9.77. The lowest BCUT2D eigenvalue weighted by Gasteiger charge is -2.11. The maximum Gasteiger partial charge on any atom is 0.238 e. The summed E-state index contributed by atoms with van der Waals surface area (Å²) < 4.78 is 22.7. The van der Waals surface area contributed by atoms with Crippen LogP contribution in [0.1, 0.15) is 11.1 Å². The van der Waals surface area contributed by atoms with Crippen LogP contribution in [0, 0.1) is 6.92 Å². The zero-order chi connectivity index (χ0) is 15.6. The number of aryl methyl sites for hydroxylation is 1. The van der Waals surface area contributed by atoms with Gasteiger partial charge in [-0.2, -0.15) is 0 Å². The molecule has 0 heterocycles. The second kappa shape index (κ2) is 6.23. The molecule has 3 N–H and O–H groups in total. The molecule has 0 saturated carbocycles. The maximum absolute atomic E-state index is 11.4. The zero-order valence-corrected chi connectivity index (χ0v) is 13.6. The van der Waals surface area contributed by atoms with Gasteiger partial charge >= 0.3 is 0 Å². The Morgan fingerprint density at radius 3 is 2.43 bits per heavy atom. The van der Waals surface area contributed by atoms with Crippen LogP contribution in [0.15, 0.2) is 41.3 Å². The summed E-state index contributed by atoms with van der Waals surface area (Å²) in [6.07, 6.45) is 0. The topological polar surface area (TPSA) is 72.2 Å². The van der Waals surface area contributed by atoms with Crippen LogP contribution in [0.5, 0.6) is 0 Å². The van der Waals surface area contributed by atoms with Gasteiger partial charge in [0, 0.05) is 12.2 Å². The van der Waals surface area contributed by atoms with Gasteiger partial charge in [-0.05, 0) is 42.3 Å². The SMILES string of the molecule is Cc1ccc(S(N)(=O)=O)cc1NCc1ccc(Cl)c(Cl)c1. The Labute approximate surface area is 133 Å². The third kappa shape index (κ3) is 4.11. The van der Waals surface area contributed by atoms with E-state index in [1.165, 1.54) is 12.1 Å². The smallest absolute Gasteiger partial charge is 0.238 e. The Morgan fingerprint density at radius 2 is 1.81 bits per heavy atom. The lowest BCUT2D eigenvalue weighted by atomic mass is 10.2. The van der Waals surface area contributed by atoms with Crippen molar-refractivity contribution in [2.24, 2.45) is 5.14 Å². The van der Waals surface area contributed by atoms with Crippen molar-refractivity contribution >= 4 is 38.9 Å². The molecule has 2 rings (SSSR count). The van der Waals surface area contributed by atoms with E-state index < -0.39 is 10.0 Å². The molecule has 0 aromatic heterocycles. The number of rotatable bonds is 4. The van der Waals surface area contributed by atoms with Crippen molar-refractivity contribution in [2.45, 2.75) is 18.4 Å². The van der Waals surface area contributed by atoms with Gasteiger partial charge < -0.3 is 5.32 Å². The van der Waals surface area contributed by atoms with Crippen molar-refractivity contribution in [1.29, 1.82) is 0 Å². The average Bonchev–Trinajstić information content (AvgIpc) is 2.40. The molecule has 0 aliphatic rings. The standard InChI is InChI=1S/C14H14Cl2N2O2S/c1-9-2-4-11(21(17,19)20)7-14(9)18-8-10-3-5-12(15)13(16)6-10/h2-7,18H,8H2,1H3,(H2,17,19,20). The van der Waals surface area contributed by atoms with Gasteiger partial charge in [-0.3, -0.25) is 0 Å². The fourth-order valence-electron chi connectivity index (χ4n) is 1.82. The minimum atomic E-state index is -3.72. The second-order valence-corrected chi connectivity index (χ2v) is 7.00. The first kappa shape index (κ1) is 16.1. The molecule has 0 saturated heterocycles. The molecule has 0 bridgehead atoms. The number of anilines is 1. The first-order valence-electron chi connectivity index (χ1n) is 6.08. The van der Waals surface area contributed by atoms with E-state index in [-0.39, 0.29) is 4.90 Å². The van der Waals surface area contributed by atoms with Gasteiger partial charge in [0.05, 0.1) is 14.9 Å². The van der Waals surface area contributed by atoms with E-state index in [0.29, 0.717) is 22.3 Å². The number of nitrogens with one attached hydrogen (secondary N) is 1. The van der Waals surface area contributed by atoms with Crippen molar-refractivity contribution in [3.05, 3.63) is 57.6 Å². The Bertz CT molecular complexity index is 777. The van der Waals surface area contributed by atoms with Crippen molar-refractivity contribution in [3.8, 4) is 0 Å². The molecule has 112 valence electrons. The lowest BCUT2D eigenvalue weighted by Crippen LogP contribution is -2.13. The van der Waals surface area contributed by atoms with E-state index in [2.05, 4.69) is 5.32 Å². The number of primary sulfonamides is 1. The quantitative estimate of drug-likeness (QED) is 0.890. The fourth-order valence-corrected chi connectivity index (χ4v) is 2.68. The minimum absolute atomic E-state index is 0.0738. The van der Waals surface area contributed by atoms with Crippen LogP contribution in [0.2, 0.25) is 10.0 Å². The van der Waals surface area contributed by atoms with Gasteiger partial charge in [-0.15, -0.1) is 0 Å². The number of halogens is 2. The monoisotopic (exact) mass is 344 g/mol. The molecule has 0 aliphatic heterocycles. The number of hydrogen-bond acceptors (Lipinski definition) is 3. The Morgan fingerprint density at radius 1 is 1.10 bits per heavy atom. The summed E-state index contributed by atoms with van der Waals surface area (Å²) in [6, 6.07) is 10.0. The van der Waals surface area contributed by atoms with Crippen LogP contribution >= 0.6 is 23.2 Å². The normalized spacial score (nSPS) is 11.4. The zero-order valence-electron chi connectivity index (χ0n) is 11.2. The summed E-state index contributed by atoms with van der Waals surface area (Å²) in [5.41, 5.74) is 2.56. The number of benzene rings is 2. The van der Waals surface area contributed by atoms with Crippen molar-refractivity contribution in [2.75, 3.05) is 5.32 Å². The largest absolute Gasteiger partial charge is 0.381 e. The molecule has 0 spiro atoms. The van der Waals surface area contributed by atoms with E-state index in [4.69, 9.17) is 28.3 Å². The predicted molar refractivity (Wildman–Crippen MR) is 86.3 cm³/mol. The average molecular weight is 345 g/mol. The van der Waals surface area contributed by atoms with Crippen LogP contribution in [-0.4, -0.2) is 8.42 Å². The number of nitrogens with two attached hydrogens (primary N) is 1. The molecule has 21 heavy (non-hydrogen) atoms. The molecule has 0 radical (unpaired) electrons. The Balaban J connectivity index is 2.21. The molecule has 0 amide bonds. The molecule has 4 nitrogen and oxygen atoms in total. The Hall–Kier alpha value is -1.27. The third-order valence-electron chi connectivity index (χ3n) is 3.00. The number of hydrogen-bond donors (Lipinski definition) is 2. The van der Waals surface area contributed by atoms with E-state index in [1.807, 2.05) is 13.0 Å². The van der Waals surface area contributed by atoms with Crippen molar-refractivity contribution in [1.82, 2.24) is 0 Å². The van der Waals surface area contributed by atoms with Gasteiger partial charge in [0.25, 0.3) is 0 Å². The molecule has 0 unspecified atom stereocenters. The van der Waals surface area contributed by atoms with Crippen LogP contribution in [0.25, 0.3) is 0 Å². The number of sulfonamides is 1. The van der Waals surface area contributed by atoms with Crippen molar-refractivity contribution in [3.63, 3.8) is 0 Å². The van der Waals surface area contributed by atoms with Gasteiger partial charge in [-0.1, -0.05) is 35.3 Å². The summed E-state index contributed by atoms with van der Waals surface area (Å²) in [7, 11) is -3.72. The fraction of sp³-hybridized carbons (Fsp3) is 0.143. The Kier molecular flexibility index (Phi) is 4.78. The third-order valence-corrected chi connectivity index (χ3v) is 4.65. The van der Waals surface area contributed by atoms with Gasteiger partial charge in [0.2, 0.25) is 10.0 Å². The maximum atomic E-state index is 11.4. The van der Waals surface area contributed by atoms with E-state index in [1.54, 1.807) is 18.2 Å². The molecule has 0 fully saturated rings. The van der Waals surface area contributed by atoms with Gasteiger partial charge in [0.1, 0.15) is 0 Å². The highest BCUT2D eigenvalue weighted by atomic mass is 35.5. The van der Waals surface area contributed by atoms with E-state index >= 15 is 0 Å². The summed E-state index contributed by atoms with van der Waals surface area (Å²) >= 11 is 11.8. The summed E-state index contributed by atoms with van der Waals surface area (Å²) in [5.74, 6) is 0. The van der Waals surface area contributed by atoms with Crippen LogP contribution in [0.4, 0.5) is 5.69 Å². The van der Waals surface area contributed by atoms with Crippen LogP contribution in [-0.2, 0) is 16.6 Å². The molecule has 7 heteroatoms. The molecule has 2 aromatic carbocycles. The summed E-state index contributed by atoms with van der Waals surface area (Å²) in [5, 5.41) is 9.27. The summed E-state index contributed by atoms with van der Waals surface area (Å²) in [6.45, 7) is 2.37. The molecule has 0 atom stereocenters. The molecule has 2 aromatic rings.